The van der Waals surface area contributed by atoms with E-state index >= 15 is 0 Å². The van der Waals surface area contributed by atoms with Crippen LogP contribution in [0.5, 0.6) is 0 Å². The Bertz CT molecular complexity index is 135. The second-order valence-corrected chi connectivity index (χ2v) is 2.17. The third-order valence-corrected chi connectivity index (χ3v) is 1.39. The van der Waals surface area contributed by atoms with Gasteiger partial charge in [0, 0.05) is 6.16 Å². The molecule has 0 aromatic carbocycles. The lowest BCUT2D eigenvalue weighted by atomic mass is 10.1. The molecule has 9 heavy (non-hydrogen) atoms. The average Bonchev–Trinajstić information content (AvgIpc) is 1.84. The minimum Gasteiger partial charge on any atom is -0.315 e. The summed E-state index contributed by atoms with van der Waals surface area (Å²) in [6.45, 7) is 1.31. The molecule has 0 fully saturated rings. The monoisotopic (exact) mass is 147 g/mol. The van der Waals surface area contributed by atoms with Crippen LogP contribution < -0.4 is 5.73 Å². The van der Waals surface area contributed by atoms with Crippen LogP contribution in [0.15, 0.2) is 0 Å². The molecule has 0 aliphatic carbocycles. The maximum absolute atomic E-state index is 10.6. The summed E-state index contributed by atoms with van der Waals surface area (Å²) in [7, 11) is 2.23. The normalized spacial score (nSPS) is 12.8. The van der Waals surface area contributed by atoms with Crippen molar-refractivity contribution in [3.63, 3.8) is 0 Å². The number of hydrogen-bond donors (Lipinski definition) is 1. The van der Waals surface area contributed by atoms with Gasteiger partial charge in [-0.2, -0.15) is 0 Å². The lowest BCUT2D eigenvalue weighted by molar-refractivity contribution is -0.126. The van der Waals surface area contributed by atoms with Gasteiger partial charge in [0.1, 0.15) is 6.04 Å². The molecule has 2 N–H and O–H groups in total. The molecule has 0 heterocycles. The highest BCUT2D eigenvalue weighted by atomic mass is 31.0. The summed E-state index contributed by atoms with van der Waals surface area (Å²) in [6, 6.07) is -0.914. The minimum atomic E-state index is -0.914. The van der Waals surface area contributed by atoms with Gasteiger partial charge < -0.3 is 5.73 Å². The van der Waals surface area contributed by atoms with Crippen LogP contribution in [0.4, 0.5) is 0 Å². The SMILES string of the molecule is CC(=O)C(N)C(=O)CP. The molecular formula is C5H10NO2P. The van der Waals surface area contributed by atoms with Crippen LogP contribution in [0.1, 0.15) is 6.92 Å². The molecule has 0 aliphatic rings. The largest absolute Gasteiger partial charge is 0.315 e. The Morgan fingerprint density at radius 2 is 2.11 bits per heavy atom. The summed E-state index contributed by atoms with van der Waals surface area (Å²) in [4.78, 5) is 21.0. The number of Topliss-reactive ketones (excluding diaryl/α,β-unsaturated/α-hetero) is 2. The maximum Gasteiger partial charge on any atom is 0.160 e. The Morgan fingerprint density at radius 1 is 1.67 bits per heavy atom. The summed E-state index contributed by atoms with van der Waals surface area (Å²) >= 11 is 0. The highest BCUT2D eigenvalue weighted by Crippen LogP contribution is 1.89. The first kappa shape index (κ1) is 8.73. The first-order chi connectivity index (χ1) is 4.09. The standard InChI is InChI=1S/C5H10NO2P/c1-3(7)5(6)4(8)2-9/h5H,2,6,9H2,1H3. The van der Waals surface area contributed by atoms with E-state index in [0.717, 1.165) is 0 Å². The maximum atomic E-state index is 10.6. The first-order valence-electron chi connectivity index (χ1n) is 2.58. The minimum absolute atomic E-state index is 0.229. The van der Waals surface area contributed by atoms with Crippen LogP contribution in [-0.4, -0.2) is 23.8 Å². The van der Waals surface area contributed by atoms with Crippen molar-refractivity contribution in [2.45, 2.75) is 13.0 Å². The molecule has 0 spiro atoms. The van der Waals surface area contributed by atoms with Crippen LogP contribution in [0.2, 0.25) is 0 Å². The quantitative estimate of drug-likeness (QED) is 0.426. The van der Waals surface area contributed by atoms with Crippen molar-refractivity contribution in [2.24, 2.45) is 5.73 Å². The molecule has 2 unspecified atom stereocenters. The summed E-state index contributed by atoms with van der Waals surface area (Å²) in [5.74, 6) is -0.505. The number of hydrogen-bond acceptors (Lipinski definition) is 3. The van der Waals surface area contributed by atoms with Gasteiger partial charge in [0.25, 0.3) is 0 Å². The molecule has 3 nitrogen and oxygen atoms in total. The van der Waals surface area contributed by atoms with Crippen LogP contribution >= 0.6 is 9.24 Å². The average molecular weight is 147 g/mol. The smallest absolute Gasteiger partial charge is 0.160 e. The zero-order valence-electron chi connectivity index (χ0n) is 5.26. The van der Waals surface area contributed by atoms with Gasteiger partial charge in [0.15, 0.2) is 11.6 Å². The molecule has 0 radical (unpaired) electrons. The van der Waals surface area contributed by atoms with Crippen molar-refractivity contribution in [2.75, 3.05) is 6.16 Å². The van der Waals surface area contributed by atoms with Crippen molar-refractivity contribution in [1.82, 2.24) is 0 Å². The Kier molecular flexibility index (Phi) is 3.59. The molecule has 52 valence electrons. The van der Waals surface area contributed by atoms with E-state index in [1.807, 2.05) is 0 Å². The van der Waals surface area contributed by atoms with Gasteiger partial charge in [0.2, 0.25) is 0 Å². The molecule has 0 bridgehead atoms. The molecule has 0 saturated heterocycles. The number of carbonyl (C=O) groups is 2. The van der Waals surface area contributed by atoms with Gasteiger partial charge in [-0.05, 0) is 6.92 Å². The van der Waals surface area contributed by atoms with E-state index < -0.39 is 6.04 Å². The number of ketones is 2. The second kappa shape index (κ2) is 3.70. The Morgan fingerprint density at radius 3 is 2.22 bits per heavy atom. The van der Waals surface area contributed by atoms with Gasteiger partial charge in [0.05, 0.1) is 0 Å². The van der Waals surface area contributed by atoms with Crippen LogP contribution in [0.3, 0.4) is 0 Å². The van der Waals surface area contributed by atoms with E-state index in [1.54, 1.807) is 0 Å². The summed E-state index contributed by atoms with van der Waals surface area (Å²) in [5, 5.41) is 0. The second-order valence-electron chi connectivity index (χ2n) is 1.76. The summed E-state index contributed by atoms with van der Waals surface area (Å²) < 4.78 is 0. The van der Waals surface area contributed by atoms with Crippen molar-refractivity contribution in [1.29, 1.82) is 0 Å². The summed E-state index contributed by atoms with van der Waals surface area (Å²) in [6.07, 6.45) is 0.251. The van der Waals surface area contributed by atoms with E-state index in [9.17, 15) is 9.59 Å². The van der Waals surface area contributed by atoms with Crippen molar-refractivity contribution >= 4 is 20.8 Å². The third kappa shape index (κ3) is 2.68. The summed E-state index contributed by atoms with van der Waals surface area (Å²) in [5.41, 5.74) is 5.16. The zero-order chi connectivity index (χ0) is 7.44. The fraction of sp³-hybridized carbons (Fsp3) is 0.600. The van der Waals surface area contributed by atoms with E-state index in [0.29, 0.717) is 0 Å². The molecule has 0 rings (SSSR count). The fourth-order valence-electron chi connectivity index (χ4n) is 0.354. The van der Waals surface area contributed by atoms with Crippen LogP contribution in [0.25, 0.3) is 0 Å². The predicted octanol–water partition coefficient (Wildman–Crippen LogP) is -0.653. The fourth-order valence-corrected chi connectivity index (χ4v) is 0.608. The molecular weight excluding hydrogens is 137 g/mol. The Hall–Kier alpha value is -0.270. The highest BCUT2D eigenvalue weighted by Gasteiger charge is 2.14. The highest BCUT2D eigenvalue weighted by molar-refractivity contribution is 7.18. The Labute approximate surface area is 56.2 Å². The molecule has 2 atom stereocenters. The van der Waals surface area contributed by atoms with Crippen molar-refractivity contribution < 1.29 is 9.59 Å². The van der Waals surface area contributed by atoms with Crippen molar-refractivity contribution in [3.05, 3.63) is 0 Å². The van der Waals surface area contributed by atoms with Gasteiger partial charge in [-0.15, -0.1) is 9.24 Å². The van der Waals surface area contributed by atoms with Gasteiger partial charge in [-0.3, -0.25) is 9.59 Å². The van der Waals surface area contributed by atoms with Gasteiger partial charge in [-0.1, -0.05) is 0 Å². The van der Waals surface area contributed by atoms with E-state index in [-0.39, 0.29) is 17.7 Å². The number of rotatable bonds is 3. The van der Waals surface area contributed by atoms with Crippen molar-refractivity contribution in [3.8, 4) is 0 Å². The zero-order valence-corrected chi connectivity index (χ0v) is 6.41. The Balaban J connectivity index is 3.88. The molecule has 0 aromatic rings. The van der Waals surface area contributed by atoms with Crippen LogP contribution in [-0.2, 0) is 9.59 Å². The predicted molar refractivity (Wildman–Crippen MR) is 38.2 cm³/mol. The molecule has 0 amide bonds. The molecule has 0 saturated carbocycles. The van der Waals surface area contributed by atoms with E-state index in [4.69, 9.17) is 5.73 Å². The lowest BCUT2D eigenvalue weighted by Gasteiger charge is -2.01. The molecule has 0 aromatic heterocycles. The number of carbonyl (C=O) groups excluding carboxylic acids is 2. The van der Waals surface area contributed by atoms with Crippen LogP contribution in [0, 0.1) is 0 Å². The van der Waals surface area contributed by atoms with Gasteiger partial charge in [-0.25, -0.2) is 0 Å². The first-order valence-corrected chi connectivity index (χ1v) is 3.40. The molecule has 4 heteroatoms. The topological polar surface area (TPSA) is 60.2 Å². The van der Waals surface area contributed by atoms with E-state index in [1.165, 1.54) is 6.92 Å². The van der Waals surface area contributed by atoms with Gasteiger partial charge >= 0.3 is 0 Å². The number of nitrogens with two attached hydrogens (primary N) is 1. The third-order valence-electron chi connectivity index (χ3n) is 0.986. The lowest BCUT2D eigenvalue weighted by Crippen LogP contribution is -2.37. The van der Waals surface area contributed by atoms with E-state index in [2.05, 4.69) is 9.24 Å². The molecule has 0 aliphatic heterocycles.